The highest BCUT2D eigenvalue weighted by Gasteiger charge is 2.32. The van der Waals surface area contributed by atoms with Crippen molar-refractivity contribution in [1.82, 2.24) is 10.2 Å². The van der Waals surface area contributed by atoms with Crippen molar-refractivity contribution in [2.24, 2.45) is 5.92 Å². The van der Waals surface area contributed by atoms with E-state index in [2.05, 4.69) is 24.2 Å². The van der Waals surface area contributed by atoms with Crippen LogP contribution in [0.3, 0.4) is 0 Å². The Labute approximate surface area is 86.5 Å². The standard InChI is InChI=1S/C11H22N2O/c1-8(9-3-4-9)13(2)7-10-5-11(14)6-12-10/h8-12,14H,3-7H2,1-2H3. The van der Waals surface area contributed by atoms with E-state index in [1.54, 1.807) is 0 Å². The molecule has 3 atom stereocenters. The summed E-state index contributed by atoms with van der Waals surface area (Å²) in [5.41, 5.74) is 0. The average molecular weight is 198 g/mol. The highest BCUT2D eigenvalue weighted by molar-refractivity contribution is 4.88. The molecule has 1 aliphatic carbocycles. The van der Waals surface area contributed by atoms with Gasteiger partial charge in [0.2, 0.25) is 0 Å². The molecule has 0 aromatic rings. The third-order valence-corrected chi connectivity index (χ3v) is 3.71. The molecule has 1 saturated heterocycles. The Kier molecular flexibility index (Phi) is 3.10. The largest absolute Gasteiger partial charge is 0.392 e. The van der Waals surface area contributed by atoms with Crippen molar-refractivity contribution in [3.63, 3.8) is 0 Å². The van der Waals surface area contributed by atoms with Gasteiger partial charge in [0.05, 0.1) is 6.10 Å². The molecule has 0 aromatic carbocycles. The van der Waals surface area contributed by atoms with E-state index < -0.39 is 0 Å². The molecule has 1 aliphatic heterocycles. The second kappa shape index (κ2) is 4.17. The van der Waals surface area contributed by atoms with E-state index >= 15 is 0 Å². The third-order valence-electron chi connectivity index (χ3n) is 3.71. The summed E-state index contributed by atoms with van der Waals surface area (Å²) in [7, 11) is 2.20. The number of nitrogens with one attached hydrogen (secondary N) is 1. The van der Waals surface area contributed by atoms with Gasteiger partial charge in [0.15, 0.2) is 0 Å². The van der Waals surface area contributed by atoms with E-state index in [0.717, 1.165) is 31.5 Å². The van der Waals surface area contributed by atoms with E-state index in [-0.39, 0.29) is 6.10 Å². The molecule has 2 fully saturated rings. The quantitative estimate of drug-likeness (QED) is 0.688. The highest BCUT2D eigenvalue weighted by atomic mass is 16.3. The molecule has 0 spiro atoms. The molecule has 14 heavy (non-hydrogen) atoms. The second-order valence-corrected chi connectivity index (χ2v) is 5.01. The minimum atomic E-state index is -0.121. The van der Waals surface area contributed by atoms with Crippen LogP contribution in [-0.2, 0) is 0 Å². The van der Waals surface area contributed by atoms with E-state index in [1.165, 1.54) is 12.8 Å². The maximum absolute atomic E-state index is 9.39. The van der Waals surface area contributed by atoms with Gasteiger partial charge in [-0.2, -0.15) is 0 Å². The number of hydrogen-bond donors (Lipinski definition) is 2. The summed E-state index contributed by atoms with van der Waals surface area (Å²) in [4.78, 5) is 2.44. The van der Waals surface area contributed by atoms with Crippen LogP contribution >= 0.6 is 0 Å². The number of aliphatic hydroxyl groups excluding tert-OH is 1. The van der Waals surface area contributed by atoms with Gasteiger partial charge in [-0.1, -0.05) is 0 Å². The zero-order valence-electron chi connectivity index (χ0n) is 9.24. The van der Waals surface area contributed by atoms with Crippen LogP contribution in [0, 0.1) is 5.92 Å². The normalized spacial score (nSPS) is 35.1. The van der Waals surface area contributed by atoms with Crippen molar-refractivity contribution in [1.29, 1.82) is 0 Å². The fourth-order valence-corrected chi connectivity index (χ4v) is 2.39. The Bertz CT molecular complexity index is 194. The van der Waals surface area contributed by atoms with E-state index in [9.17, 15) is 5.11 Å². The summed E-state index contributed by atoms with van der Waals surface area (Å²) in [6.07, 6.45) is 3.62. The molecular formula is C11H22N2O. The predicted octanol–water partition coefficient (Wildman–Crippen LogP) is 0.439. The summed E-state index contributed by atoms with van der Waals surface area (Å²) in [5, 5.41) is 12.8. The molecule has 2 aliphatic rings. The Morgan fingerprint density at radius 1 is 1.50 bits per heavy atom. The molecule has 1 saturated carbocycles. The summed E-state index contributed by atoms with van der Waals surface area (Å²) < 4.78 is 0. The first-order valence-corrected chi connectivity index (χ1v) is 5.78. The third kappa shape index (κ3) is 2.47. The minimum Gasteiger partial charge on any atom is -0.392 e. The van der Waals surface area contributed by atoms with Crippen LogP contribution in [-0.4, -0.2) is 48.3 Å². The van der Waals surface area contributed by atoms with Crippen LogP contribution in [0.2, 0.25) is 0 Å². The molecule has 3 heteroatoms. The van der Waals surface area contributed by atoms with Gasteiger partial charge in [-0.15, -0.1) is 0 Å². The lowest BCUT2D eigenvalue weighted by Gasteiger charge is -2.27. The number of aliphatic hydroxyl groups is 1. The van der Waals surface area contributed by atoms with E-state index in [1.807, 2.05) is 0 Å². The van der Waals surface area contributed by atoms with Crippen molar-refractivity contribution in [3.8, 4) is 0 Å². The summed E-state index contributed by atoms with van der Waals surface area (Å²) in [6.45, 7) is 4.17. The zero-order chi connectivity index (χ0) is 10.1. The molecule has 3 unspecified atom stereocenters. The first-order valence-electron chi connectivity index (χ1n) is 5.78. The highest BCUT2D eigenvalue weighted by Crippen LogP contribution is 2.34. The lowest BCUT2D eigenvalue weighted by atomic mass is 10.1. The van der Waals surface area contributed by atoms with Crippen molar-refractivity contribution in [3.05, 3.63) is 0 Å². The monoisotopic (exact) mass is 198 g/mol. The van der Waals surface area contributed by atoms with E-state index in [0.29, 0.717) is 6.04 Å². The minimum absolute atomic E-state index is 0.121. The Balaban J connectivity index is 1.73. The molecule has 0 aromatic heterocycles. The molecular weight excluding hydrogens is 176 g/mol. The van der Waals surface area contributed by atoms with Crippen LogP contribution in [0.5, 0.6) is 0 Å². The van der Waals surface area contributed by atoms with Crippen LogP contribution in [0.1, 0.15) is 26.2 Å². The fraction of sp³-hybridized carbons (Fsp3) is 1.00. The van der Waals surface area contributed by atoms with Crippen molar-refractivity contribution >= 4 is 0 Å². The molecule has 2 rings (SSSR count). The average Bonchev–Trinajstić information content (AvgIpc) is 2.91. The maximum atomic E-state index is 9.39. The molecule has 2 N–H and O–H groups in total. The SMILES string of the molecule is CC(C1CC1)N(C)CC1CC(O)CN1. The van der Waals surface area contributed by atoms with Gasteiger partial charge >= 0.3 is 0 Å². The molecule has 0 amide bonds. The van der Waals surface area contributed by atoms with Gasteiger partial charge in [-0.05, 0) is 39.2 Å². The van der Waals surface area contributed by atoms with Gasteiger partial charge in [-0.25, -0.2) is 0 Å². The number of rotatable bonds is 4. The van der Waals surface area contributed by atoms with Crippen LogP contribution in [0.25, 0.3) is 0 Å². The number of likely N-dealkylation sites (N-methyl/N-ethyl adjacent to an activating group) is 1. The van der Waals surface area contributed by atoms with Gasteiger partial charge in [0, 0.05) is 25.2 Å². The lowest BCUT2D eigenvalue weighted by Crippen LogP contribution is -2.40. The number of β-amino-alcohol motifs (C(OH)–C–C–N with tert-alkyl or cyclic N) is 1. The number of hydrogen-bond acceptors (Lipinski definition) is 3. The Hall–Kier alpha value is -0.120. The van der Waals surface area contributed by atoms with Crippen LogP contribution < -0.4 is 5.32 Å². The van der Waals surface area contributed by atoms with Crippen molar-refractivity contribution in [2.45, 2.75) is 44.4 Å². The second-order valence-electron chi connectivity index (χ2n) is 5.01. The summed E-state index contributed by atoms with van der Waals surface area (Å²) in [6, 6.07) is 1.21. The van der Waals surface area contributed by atoms with Gasteiger partial charge < -0.3 is 15.3 Å². The van der Waals surface area contributed by atoms with Gasteiger partial charge in [0.25, 0.3) is 0 Å². The number of nitrogens with zero attached hydrogens (tertiary/aromatic N) is 1. The summed E-state index contributed by atoms with van der Waals surface area (Å²) in [5.74, 6) is 0.936. The maximum Gasteiger partial charge on any atom is 0.0680 e. The summed E-state index contributed by atoms with van der Waals surface area (Å²) >= 11 is 0. The van der Waals surface area contributed by atoms with Crippen LogP contribution in [0.15, 0.2) is 0 Å². The molecule has 1 heterocycles. The van der Waals surface area contributed by atoms with Crippen LogP contribution in [0.4, 0.5) is 0 Å². The fourth-order valence-electron chi connectivity index (χ4n) is 2.39. The van der Waals surface area contributed by atoms with Gasteiger partial charge in [0.1, 0.15) is 0 Å². The lowest BCUT2D eigenvalue weighted by molar-refractivity contribution is 0.181. The van der Waals surface area contributed by atoms with Crippen molar-refractivity contribution < 1.29 is 5.11 Å². The Morgan fingerprint density at radius 3 is 2.71 bits per heavy atom. The van der Waals surface area contributed by atoms with Crippen molar-refractivity contribution in [2.75, 3.05) is 20.1 Å². The molecule has 0 radical (unpaired) electrons. The molecule has 3 nitrogen and oxygen atoms in total. The molecule has 82 valence electrons. The topological polar surface area (TPSA) is 35.5 Å². The first kappa shape index (κ1) is 10.4. The zero-order valence-corrected chi connectivity index (χ0v) is 9.24. The van der Waals surface area contributed by atoms with Gasteiger partial charge in [-0.3, -0.25) is 0 Å². The predicted molar refractivity (Wildman–Crippen MR) is 57.2 cm³/mol. The van der Waals surface area contributed by atoms with E-state index in [4.69, 9.17) is 0 Å². The smallest absolute Gasteiger partial charge is 0.0680 e. The molecule has 0 bridgehead atoms. The first-order chi connectivity index (χ1) is 6.66. The Morgan fingerprint density at radius 2 is 2.21 bits per heavy atom.